The number of phenolic OH excluding ortho intramolecular Hbond substituents is 1. The number of aromatic hydroxyl groups is 1. The Hall–Kier alpha value is -3.14. The van der Waals surface area contributed by atoms with Crippen LogP contribution >= 0.6 is 22.7 Å². The Kier molecular flexibility index (Phi) is 8.79. The van der Waals surface area contributed by atoms with Gasteiger partial charge >= 0.3 is 17.6 Å². The molecule has 0 aliphatic heterocycles. The summed E-state index contributed by atoms with van der Waals surface area (Å²) in [6.07, 6.45) is 3.56. The van der Waals surface area contributed by atoms with E-state index in [-0.39, 0.29) is 29.1 Å². The summed E-state index contributed by atoms with van der Waals surface area (Å²) in [6, 6.07) is 12.7. The molecular formula is C31H30F4NO6S3+. The fourth-order valence-corrected chi connectivity index (χ4v) is 8.05. The standard InChI is InChI=1S/C31H29F4NO6S3/c1-18-23(16-25(43-18)20-6-8-22(37)9-7-20)27-28(30(33,42-4)31(34,35)29(27,32)41-3)24-17-26(44-19(24)2)21-10-13-36(14-11-21)12-5-15-45(38,39)40/h6-11,13-14,16-17H,5,12,15H2,1-4H3,(H-,37,38,39,40)/p+1. The molecule has 45 heavy (non-hydrogen) atoms. The molecule has 0 spiro atoms. The maximum atomic E-state index is 16.7. The van der Waals surface area contributed by atoms with E-state index in [0.717, 1.165) is 14.2 Å². The highest BCUT2D eigenvalue weighted by Gasteiger charge is 2.79. The molecule has 1 aromatic carbocycles. The molecule has 0 amide bonds. The van der Waals surface area contributed by atoms with E-state index < -0.39 is 38.9 Å². The number of phenols is 1. The maximum absolute atomic E-state index is 16.7. The molecule has 14 heteroatoms. The van der Waals surface area contributed by atoms with Crippen molar-refractivity contribution in [2.24, 2.45) is 0 Å². The van der Waals surface area contributed by atoms with Gasteiger partial charge in [0.25, 0.3) is 10.1 Å². The van der Waals surface area contributed by atoms with Gasteiger partial charge in [0, 0.05) is 69.0 Å². The first-order valence-electron chi connectivity index (χ1n) is 13.6. The molecular weight excluding hydrogens is 655 g/mol. The predicted octanol–water partition coefficient (Wildman–Crippen LogP) is 7.22. The highest BCUT2D eigenvalue weighted by Crippen LogP contribution is 2.65. The van der Waals surface area contributed by atoms with E-state index in [1.165, 1.54) is 46.9 Å². The van der Waals surface area contributed by atoms with Crippen LogP contribution in [0.15, 0.2) is 60.9 Å². The number of hydrogen-bond acceptors (Lipinski definition) is 7. The zero-order valence-corrected chi connectivity index (χ0v) is 27.1. The molecule has 0 bridgehead atoms. The van der Waals surface area contributed by atoms with Crippen LogP contribution in [-0.2, 0) is 26.1 Å². The molecule has 1 aliphatic carbocycles. The smallest absolute Gasteiger partial charge is 0.371 e. The van der Waals surface area contributed by atoms with Gasteiger partial charge in [-0.3, -0.25) is 4.55 Å². The molecule has 3 aromatic heterocycles. The number of halogens is 4. The van der Waals surface area contributed by atoms with E-state index in [9.17, 15) is 13.5 Å². The Balaban J connectivity index is 1.65. The molecule has 7 nitrogen and oxygen atoms in total. The van der Waals surface area contributed by atoms with E-state index in [4.69, 9.17) is 14.0 Å². The lowest BCUT2D eigenvalue weighted by molar-refractivity contribution is -0.696. The van der Waals surface area contributed by atoms with Gasteiger partial charge in [-0.15, -0.1) is 22.7 Å². The Labute approximate surface area is 265 Å². The number of alkyl halides is 4. The summed E-state index contributed by atoms with van der Waals surface area (Å²) in [7, 11) is -2.56. The fourth-order valence-electron chi connectivity index (χ4n) is 5.49. The van der Waals surface area contributed by atoms with Crippen LogP contribution in [-0.4, -0.2) is 55.7 Å². The lowest BCUT2D eigenvalue weighted by Crippen LogP contribution is -2.55. The second-order valence-corrected chi connectivity index (χ2v) is 14.7. The number of ether oxygens (including phenoxy) is 2. The molecule has 240 valence electrons. The van der Waals surface area contributed by atoms with Crippen molar-refractivity contribution in [3.8, 4) is 26.6 Å². The van der Waals surface area contributed by atoms with Crippen LogP contribution in [0.1, 0.15) is 27.3 Å². The van der Waals surface area contributed by atoms with Gasteiger partial charge in [0.05, 0.1) is 5.75 Å². The minimum Gasteiger partial charge on any atom is -0.508 e. The second kappa shape index (κ2) is 11.9. The maximum Gasteiger partial charge on any atom is 0.371 e. The van der Waals surface area contributed by atoms with Crippen molar-refractivity contribution >= 4 is 43.9 Å². The largest absolute Gasteiger partial charge is 0.508 e. The summed E-state index contributed by atoms with van der Waals surface area (Å²) in [5.41, 5.74) is 0.0361. The first kappa shape index (κ1) is 33.2. The molecule has 5 rings (SSSR count). The van der Waals surface area contributed by atoms with Crippen LogP contribution in [0.25, 0.3) is 32.0 Å². The minimum atomic E-state index is -4.78. The fraction of sp³-hybridized carbons (Fsp3) is 0.323. The highest BCUT2D eigenvalue weighted by atomic mass is 32.2. The van der Waals surface area contributed by atoms with Gasteiger partial charge in [-0.2, -0.15) is 26.0 Å². The van der Waals surface area contributed by atoms with Gasteiger partial charge in [0.2, 0.25) is 0 Å². The van der Waals surface area contributed by atoms with E-state index in [2.05, 4.69) is 0 Å². The molecule has 1 aliphatic rings. The summed E-state index contributed by atoms with van der Waals surface area (Å²) in [4.78, 5) is 2.04. The Morgan fingerprint density at radius 1 is 0.800 bits per heavy atom. The highest BCUT2D eigenvalue weighted by molar-refractivity contribution is 7.85. The van der Waals surface area contributed by atoms with Gasteiger partial charge in [0.15, 0.2) is 12.4 Å². The molecule has 3 heterocycles. The van der Waals surface area contributed by atoms with Crippen molar-refractivity contribution in [1.82, 2.24) is 0 Å². The molecule has 0 saturated heterocycles. The van der Waals surface area contributed by atoms with Crippen molar-refractivity contribution in [2.75, 3.05) is 20.0 Å². The molecule has 2 N–H and O–H groups in total. The number of benzene rings is 1. The summed E-state index contributed by atoms with van der Waals surface area (Å²) in [5, 5.41) is 9.69. The average Bonchev–Trinajstić information content (AvgIpc) is 3.59. The Morgan fingerprint density at radius 3 is 1.67 bits per heavy atom. The number of hydrogen-bond donors (Lipinski definition) is 2. The van der Waals surface area contributed by atoms with E-state index in [1.807, 2.05) is 0 Å². The number of thiophene rings is 2. The average molecular weight is 685 g/mol. The molecule has 0 saturated carbocycles. The molecule has 2 atom stereocenters. The van der Waals surface area contributed by atoms with Crippen molar-refractivity contribution in [3.63, 3.8) is 0 Å². The van der Waals surface area contributed by atoms with Crippen molar-refractivity contribution in [3.05, 3.63) is 81.8 Å². The van der Waals surface area contributed by atoms with Crippen molar-refractivity contribution < 1.29 is 49.7 Å². The van der Waals surface area contributed by atoms with Gasteiger partial charge in [-0.1, -0.05) is 0 Å². The van der Waals surface area contributed by atoms with Gasteiger partial charge in [-0.05, 0) is 66.9 Å². The lowest BCUT2D eigenvalue weighted by Gasteiger charge is -2.33. The van der Waals surface area contributed by atoms with Crippen LogP contribution in [0.5, 0.6) is 5.75 Å². The summed E-state index contributed by atoms with van der Waals surface area (Å²) < 4.78 is 108. The third-order valence-corrected chi connectivity index (χ3v) is 10.8. The summed E-state index contributed by atoms with van der Waals surface area (Å²) in [6.45, 7) is 3.56. The number of pyridine rings is 1. The molecule has 4 aromatic rings. The van der Waals surface area contributed by atoms with Gasteiger partial charge in [-0.25, -0.2) is 4.57 Å². The molecule has 2 unspecified atom stereocenters. The predicted molar refractivity (Wildman–Crippen MR) is 165 cm³/mol. The third-order valence-electron chi connectivity index (χ3n) is 7.78. The van der Waals surface area contributed by atoms with Crippen LogP contribution in [0.3, 0.4) is 0 Å². The summed E-state index contributed by atoms with van der Waals surface area (Å²) >= 11 is 2.40. The van der Waals surface area contributed by atoms with Crippen molar-refractivity contribution in [2.45, 2.75) is 44.4 Å². The summed E-state index contributed by atoms with van der Waals surface area (Å²) in [5.74, 6) is -12.9. The normalized spacial score (nSPS) is 21.5. The monoisotopic (exact) mass is 684 g/mol. The van der Waals surface area contributed by atoms with Crippen LogP contribution < -0.4 is 4.57 Å². The second-order valence-electron chi connectivity index (χ2n) is 10.6. The van der Waals surface area contributed by atoms with E-state index in [1.54, 1.807) is 55.1 Å². The number of rotatable bonds is 10. The van der Waals surface area contributed by atoms with Gasteiger partial charge < -0.3 is 14.6 Å². The topological polar surface area (TPSA) is 96.9 Å². The third kappa shape index (κ3) is 5.72. The van der Waals surface area contributed by atoms with Crippen LogP contribution in [0.2, 0.25) is 0 Å². The van der Waals surface area contributed by atoms with E-state index in [0.29, 0.717) is 37.2 Å². The Morgan fingerprint density at radius 2 is 1.24 bits per heavy atom. The number of methoxy groups -OCH3 is 2. The first-order chi connectivity index (χ1) is 21.1. The Bertz CT molecular complexity index is 1870. The first-order valence-corrected chi connectivity index (χ1v) is 16.9. The lowest BCUT2D eigenvalue weighted by atomic mass is 9.93. The number of aryl methyl sites for hydroxylation is 3. The quantitative estimate of drug-likeness (QED) is 0.104. The van der Waals surface area contributed by atoms with E-state index >= 15 is 17.6 Å². The SMILES string of the molecule is COC1(F)C(c2cc(-c3ccc(O)cc3)sc2C)=C(c2cc(-c3cc[n+](CCCS(=O)(=O)O)cc3)sc2C)C(F)(OC)C1(F)F. The number of nitrogens with zero attached hydrogens (tertiary/aromatic N) is 1. The minimum absolute atomic E-state index is 0.0336. The van der Waals surface area contributed by atoms with Crippen LogP contribution in [0.4, 0.5) is 17.6 Å². The van der Waals surface area contributed by atoms with Gasteiger partial charge in [0.1, 0.15) is 12.3 Å². The number of aromatic nitrogens is 1. The van der Waals surface area contributed by atoms with Crippen molar-refractivity contribution in [1.29, 1.82) is 0 Å². The molecule has 0 fully saturated rings. The molecule has 0 radical (unpaired) electrons. The zero-order chi connectivity index (χ0) is 32.9. The van der Waals surface area contributed by atoms with Crippen LogP contribution in [0, 0.1) is 13.8 Å². The zero-order valence-electron chi connectivity index (χ0n) is 24.6.